The molecule has 1 aromatic rings. The number of nitrogens with zero attached hydrogens (tertiary/aromatic N) is 1. The Balaban J connectivity index is 3.50. The van der Waals surface area contributed by atoms with E-state index in [2.05, 4.69) is 17.2 Å². The lowest BCUT2D eigenvalue weighted by Gasteiger charge is -2.36. The Hall–Kier alpha value is -2.83. The largest absolute Gasteiger partial charge is 0.444 e. The van der Waals surface area contributed by atoms with Crippen LogP contribution in [0, 0.1) is 5.92 Å². The van der Waals surface area contributed by atoms with Crippen LogP contribution in [0.25, 0.3) is 6.08 Å². The van der Waals surface area contributed by atoms with Gasteiger partial charge in [0.05, 0.1) is 0 Å². The van der Waals surface area contributed by atoms with Crippen molar-refractivity contribution in [2.45, 2.75) is 98.4 Å². The van der Waals surface area contributed by atoms with Gasteiger partial charge in [0.25, 0.3) is 0 Å². The second-order valence-electron chi connectivity index (χ2n) is 11.4. The maximum Gasteiger partial charge on any atom is 0.408 e. The molecule has 7 nitrogen and oxygen atoms in total. The highest BCUT2D eigenvalue weighted by Crippen LogP contribution is 2.26. The smallest absolute Gasteiger partial charge is 0.408 e. The van der Waals surface area contributed by atoms with E-state index < -0.39 is 29.3 Å². The zero-order valence-electron chi connectivity index (χ0n) is 23.0. The van der Waals surface area contributed by atoms with Gasteiger partial charge in [-0.3, -0.25) is 9.59 Å². The minimum Gasteiger partial charge on any atom is -0.444 e. The molecule has 1 rings (SSSR count). The van der Waals surface area contributed by atoms with Crippen LogP contribution in [0.1, 0.15) is 92.3 Å². The summed E-state index contributed by atoms with van der Waals surface area (Å²) in [5.41, 5.74) is 0.356. The number of amides is 3. The summed E-state index contributed by atoms with van der Waals surface area (Å²) in [7, 11) is 0. The van der Waals surface area contributed by atoms with E-state index in [0.717, 1.165) is 5.56 Å². The maximum atomic E-state index is 14.0. The molecule has 0 saturated heterocycles. The predicted molar refractivity (Wildman–Crippen MR) is 142 cm³/mol. The van der Waals surface area contributed by atoms with E-state index in [1.165, 1.54) is 0 Å². The molecule has 0 aliphatic rings. The van der Waals surface area contributed by atoms with Crippen molar-refractivity contribution in [3.05, 3.63) is 42.0 Å². The molecule has 0 aliphatic carbocycles. The molecule has 196 valence electrons. The van der Waals surface area contributed by atoms with Gasteiger partial charge in [0.1, 0.15) is 17.7 Å². The molecule has 0 aliphatic heterocycles. The van der Waals surface area contributed by atoms with Crippen LogP contribution in [-0.2, 0) is 14.3 Å². The first-order chi connectivity index (χ1) is 16.1. The minimum atomic E-state index is -0.864. The van der Waals surface area contributed by atoms with Gasteiger partial charge in [-0.25, -0.2) is 4.79 Å². The molecule has 0 saturated carbocycles. The molecule has 0 fully saturated rings. The van der Waals surface area contributed by atoms with Crippen LogP contribution in [0.2, 0.25) is 0 Å². The molecule has 35 heavy (non-hydrogen) atoms. The first-order valence-electron chi connectivity index (χ1n) is 12.4. The topological polar surface area (TPSA) is 87.7 Å². The molecule has 0 bridgehead atoms. The Labute approximate surface area is 211 Å². The van der Waals surface area contributed by atoms with Crippen molar-refractivity contribution in [2.75, 3.05) is 6.54 Å². The summed E-state index contributed by atoms with van der Waals surface area (Å²) in [6.45, 7) is 21.1. The molecular weight excluding hydrogens is 442 g/mol. The third-order valence-electron chi connectivity index (χ3n) is 4.96. The van der Waals surface area contributed by atoms with E-state index in [-0.39, 0.29) is 17.7 Å². The molecule has 7 heteroatoms. The SMILES string of the molecule is C=Cc1cccc(C(C(=O)NC(C)(C)C)N(CCC)C(=O)C(CC(C)C)NC(=O)OC(C)(C)C)c1. The van der Waals surface area contributed by atoms with Crippen molar-refractivity contribution in [3.63, 3.8) is 0 Å². The van der Waals surface area contributed by atoms with Crippen LogP contribution in [0.3, 0.4) is 0 Å². The van der Waals surface area contributed by atoms with E-state index in [4.69, 9.17) is 4.74 Å². The Morgan fingerprint density at radius 1 is 1.11 bits per heavy atom. The zero-order chi connectivity index (χ0) is 27.0. The number of ether oxygens (including phenoxy) is 1. The molecule has 0 spiro atoms. The highest BCUT2D eigenvalue weighted by Gasteiger charge is 2.37. The highest BCUT2D eigenvalue weighted by molar-refractivity contribution is 5.92. The van der Waals surface area contributed by atoms with Crippen LogP contribution in [0.4, 0.5) is 4.79 Å². The standard InChI is InChI=1S/C28H45N3O4/c1-11-16-31(25(33)22(17-19(3)4)29-26(34)35-28(8,9)10)23(24(32)30-27(5,6)7)21-15-13-14-20(12-2)18-21/h12-15,18-19,22-23H,2,11,16-17H2,1,3-10H3,(H,29,34)(H,30,32). The van der Waals surface area contributed by atoms with Crippen LogP contribution < -0.4 is 10.6 Å². The van der Waals surface area contributed by atoms with Crippen molar-refractivity contribution in [2.24, 2.45) is 5.92 Å². The molecule has 0 radical (unpaired) electrons. The monoisotopic (exact) mass is 487 g/mol. The Morgan fingerprint density at radius 3 is 2.23 bits per heavy atom. The Bertz CT molecular complexity index is 881. The summed E-state index contributed by atoms with van der Waals surface area (Å²) < 4.78 is 5.42. The number of carbonyl (C=O) groups is 3. The maximum absolute atomic E-state index is 14.0. The van der Waals surface area contributed by atoms with Crippen molar-refractivity contribution < 1.29 is 19.1 Å². The second kappa shape index (κ2) is 12.8. The fourth-order valence-corrected chi connectivity index (χ4v) is 3.72. The van der Waals surface area contributed by atoms with Crippen LogP contribution in [0.15, 0.2) is 30.8 Å². The second-order valence-corrected chi connectivity index (χ2v) is 11.4. The number of carbonyl (C=O) groups excluding carboxylic acids is 3. The van der Waals surface area contributed by atoms with E-state index in [9.17, 15) is 14.4 Å². The number of hydrogen-bond acceptors (Lipinski definition) is 4. The summed E-state index contributed by atoms with van der Waals surface area (Å²) >= 11 is 0. The Kier molecular flexibility index (Phi) is 11.0. The molecule has 0 aromatic heterocycles. The van der Waals surface area contributed by atoms with Gasteiger partial charge in [-0.1, -0.05) is 51.6 Å². The van der Waals surface area contributed by atoms with Gasteiger partial charge in [-0.05, 0) is 77.5 Å². The number of nitrogens with one attached hydrogen (secondary N) is 2. The molecule has 2 atom stereocenters. The van der Waals surface area contributed by atoms with Gasteiger partial charge in [-0.15, -0.1) is 0 Å². The van der Waals surface area contributed by atoms with Crippen molar-refractivity contribution in [3.8, 4) is 0 Å². The van der Waals surface area contributed by atoms with Gasteiger partial charge in [-0.2, -0.15) is 0 Å². The molecule has 3 amide bonds. The van der Waals surface area contributed by atoms with E-state index >= 15 is 0 Å². The summed E-state index contributed by atoms with van der Waals surface area (Å²) in [6.07, 6.45) is 2.11. The molecule has 2 unspecified atom stereocenters. The van der Waals surface area contributed by atoms with Gasteiger partial charge >= 0.3 is 6.09 Å². The average Bonchev–Trinajstić information content (AvgIpc) is 2.69. The average molecular weight is 488 g/mol. The summed E-state index contributed by atoms with van der Waals surface area (Å²) in [6, 6.07) is 5.76. The third kappa shape index (κ3) is 10.5. The quantitative estimate of drug-likeness (QED) is 0.458. The highest BCUT2D eigenvalue weighted by atomic mass is 16.6. The lowest BCUT2D eigenvalue weighted by Crippen LogP contribution is -2.55. The number of alkyl carbamates (subject to hydrolysis) is 1. The number of hydrogen-bond donors (Lipinski definition) is 2. The van der Waals surface area contributed by atoms with Crippen molar-refractivity contribution in [1.29, 1.82) is 0 Å². The summed E-state index contributed by atoms with van der Waals surface area (Å²) in [5, 5.41) is 5.79. The van der Waals surface area contributed by atoms with Gasteiger partial charge in [0, 0.05) is 12.1 Å². The molecule has 1 aromatic carbocycles. The molecule has 2 N–H and O–H groups in total. The first kappa shape index (κ1) is 30.2. The van der Waals surface area contributed by atoms with Gasteiger partial charge in [0.15, 0.2) is 0 Å². The predicted octanol–water partition coefficient (Wildman–Crippen LogP) is 5.46. The molecular formula is C28H45N3O4. The molecule has 0 heterocycles. The van der Waals surface area contributed by atoms with Crippen molar-refractivity contribution >= 4 is 24.0 Å². The van der Waals surface area contributed by atoms with E-state index in [1.54, 1.807) is 31.7 Å². The number of benzene rings is 1. The zero-order valence-corrected chi connectivity index (χ0v) is 23.0. The third-order valence-corrected chi connectivity index (χ3v) is 4.96. The van der Waals surface area contributed by atoms with E-state index in [1.807, 2.05) is 65.8 Å². The summed E-state index contributed by atoms with van der Waals surface area (Å²) in [4.78, 5) is 41.7. The minimum absolute atomic E-state index is 0.133. The van der Waals surface area contributed by atoms with E-state index in [0.29, 0.717) is 24.9 Å². The van der Waals surface area contributed by atoms with Crippen LogP contribution in [-0.4, -0.2) is 46.5 Å². The lowest BCUT2D eigenvalue weighted by atomic mass is 9.97. The fraction of sp³-hybridized carbons (Fsp3) is 0.607. The van der Waals surface area contributed by atoms with Crippen molar-refractivity contribution in [1.82, 2.24) is 15.5 Å². The van der Waals surface area contributed by atoms with Crippen LogP contribution in [0.5, 0.6) is 0 Å². The first-order valence-corrected chi connectivity index (χ1v) is 12.4. The normalized spacial score (nSPS) is 13.5. The Morgan fingerprint density at radius 2 is 1.74 bits per heavy atom. The summed E-state index contributed by atoms with van der Waals surface area (Å²) in [5.74, 6) is -0.459. The van der Waals surface area contributed by atoms with Gasteiger partial charge in [0.2, 0.25) is 11.8 Å². The lowest BCUT2D eigenvalue weighted by molar-refractivity contribution is -0.143. The van der Waals surface area contributed by atoms with Gasteiger partial charge < -0.3 is 20.3 Å². The van der Waals surface area contributed by atoms with Crippen LogP contribution >= 0.6 is 0 Å². The number of rotatable bonds is 10. The fourth-order valence-electron chi connectivity index (χ4n) is 3.72.